The van der Waals surface area contributed by atoms with Crippen LogP contribution in [0, 0.1) is 0 Å². The largest absolute Gasteiger partial charge is 0.444 e. The highest BCUT2D eigenvalue weighted by atomic mass is 16.6. The number of aromatic nitrogens is 1. The van der Waals surface area contributed by atoms with Gasteiger partial charge in [-0.05, 0) is 39.3 Å². The molecule has 1 aromatic carbocycles. The molecule has 0 spiro atoms. The van der Waals surface area contributed by atoms with Gasteiger partial charge in [0.1, 0.15) is 5.60 Å². The van der Waals surface area contributed by atoms with Gasteiger partial charge >= 0.3 is 6.09 Å². The summed E-state index contributed by atoms with van der Waals surface area (Å²) >= 11 is 0. The number of hydrogen-bond donors (Lipinski definition) is 0. The van der Waals surface area contributed by atoms with Gasteiger partial charge in [0.05, 0.1) is 17.1 Å². The van der Waals surface area contributed by atoms with Crippen molar-refractivity contribution in [2.75, 3.05) is 19.6 Å². The lowest BCUT2D eigenvalue weighted by molar-refractivity contribution is -0.00215. The van der Waals surface area contributed by atoms with Crippen LogP contribution in [0.5, 0.6) is 0 Å². The third-order valence-electron chi connectivity index (χ3n) is 5.15. The smallest absolute Gasteiger partial charge is 0.410 e. The molecule has 1 unspecified atom stereocenters. The Morgan fingerprint density at radius 2 is 1.93 bits per heavy atom. The van der Waals surface area contributed by atoms with E-state index >= 15 is 0 Å². The molecule has 0 bridgehead atoms. The molecule has 1 aliphatic heterocycles. The third kappa shape index (κ3) is 5.05. The number of para-hydroxylation sites is 1. The van der Waals surface area contributed by atoms with E-state index in [1.54, 1.807) is 11.1 Å². The Balaban J connectivity index is 1.79. The lowest BCUT2D eigenvalue weighted by atomic mass is 10.0. The number of carbonyl (C=O) groups excluding carboxylic acids is 2. The van der Waals surface area contributed by atoms with Crippen molar-refractivity contribution in [3.63, 3.8) is 0 Å². The van der Waals surface area contributed by atoms with Crippen molar-refractivity contribution < 1.29 is 14.3 Å². The van der Waals surface area contributed by atoms with E-state index in [4.69, 9.17) is 4.74 Å². The van der Waals surface area contributed by atoms with Gasteiger partial charge in [-0.15, -0.1) is 0 Å². The molecule has 0 radical (unpaired) electrons. The van der Waals surface area contributed by atoms with Gasteiger partial charge in [0.25, 0.3) is 5.91 Å². The van der Waals surface area contributed by atoms with Crippen molar-refractivity contribution in [2.24, 2.45) is 0 Å². The Morgan fingerprint density at radius 1 is 1.17 bits per heavy atom. The predicted molar refractivity (Wildman–Crippen MR) is 114 cm³/mol. The number of pyridine rings is 1. The monoisotopic (exact) mass is 397 g/mol. The minimum atomic E-state index is -0.534. The molecule has 2 amide bonds. The van der Waals surface area contributed by atoms with Crippen LogP contribution in [0.4, 0.5) is 4.79 Å². The van der Waals surface area contributed by atoms with Gasteiger partial charge in [-0.2, -0.15) is 0 Å². The molecule has 3 rings (SSSR count). The quantitative estimate of drug-likeness (QED) is 0.763. The van der Waals surface area contributed by atoms with Gasteiger partial charge in [0.2, 0.25) is 0 Å². The first-order chi connectivity index (χ1) is 13.8. The van der Waals surface area contributed by atoms with Crippen LogP contribution in [0.15, 0.2) is 36.5 Å². The number of benzene rings is 1. The van der Waals surface area contributed by atoms with Crippen LogP contribution < -0.4 is 0 Å². The minimum Gasteiger partial charge on any atom is -0.444 e. The van der Waals surface area contributed by atoms with E-state index in [0.717, 1.165) is 30.2 Å². The zero-order valence-electron chi connectivity index (χ0n) is 17.9. The zero-order chi connectivity index (χ0) is 21.0. The van der Waals surface area contributed by atoms with Crippen LogP contribution in [0.1, 0.15) is 57.3 Å². The number of piperazine rings is 1. The fourth-order valence-corrected chi connectivity index (χ4v) is 3.73. The molecule has 1 aliphatic rings. The Kier molecular flexibility index (Phi) is 6.40. The first kappa shape index (κ1) is 21.1. The molecule has 0 aliphatic carbocycles. The van der Waals surface area contributed by atoms with Crippen molar-refractivity contribution in [3.05, 3.63) is 42.1 Å². The molecule has 2 heterocycles. The van der Waals surface area contributed by atoms with Crippen LogP contribution in [0.3, 0.4) is 0 Å². The number of carbonyl (C=O) groups is 2. The summed E-state index contributed by atoms with van der Waals surface area (Å²) in [6.45, 7) is 9.24. The summed E-state index contributed by atoms with van der Waals surface area (Å²) in [6, 6.07) is 9.48. The molecule has 1 atom stereocenters. The normalized spacial score (nSPS) is 17.4. The summed E-state index contributed by atoms with van der Waals surface area (Å²) in [5.41, 5.74) is 0.802. The number of rotatable bonds is 4. The molecule has 6 heteroatoms. The Labute approximate surface area is 172 Å². The summed E-state index contributed by atoms with van der Waals surface area (Å²) in [4.78, 5) is 34.1. The number of hydrogen-bond acceptors (Lipinski definition) is 4. The van der Waals surface area contributed by atoms with Crippen molar-refractivity contribution in [3.8, 4) is 0 Å². The maximum absolute atomic E-state index is 13.3. The molecular formula is C23H31N3O3. The summed E-state index contributed by atoms with van der Waals surface area (Å²) in [7, 11) is 0. The third-order valence-corrected chi connectivity index (χ3v) is 5.15. The van der Waals surface area contributed by atoms with Crippen molar-refractivity contribution in [2.45, 2.75) is 58.6 Å². The highest BCUT2D eigenvalue weighted by Crippen LogP contribution is 2.23. The van der Waals surface area contributed by atoms with Gasteiger partial charge < -0.3 is 14.5 Å². The van der Waals surface area contributed by atoms with E-state index in [1.807, 2.05) is 56.0 Å². The lowest BCUT2D eigenvalue weighted by Gasteiger charge is -2.42. The second kappa shape index (κ2) is 8.80. The molecule has 1 aromatic heterocycles. The summed E-state index contributed by atoms with van der Waals surface area (Å²) < 4.78 is 5.60. The molecule has 156 valence electrons. The number of unbranched alkanes of at least 4 members (excludes halogenated alkanes) is 1. The number of nitrogens with zero attached hydrogens (tertiary/aromatic N) is 3. The van der Waals surface area contributed by atoms with Gasteiger partial charge in [-0.3, -0.25) is 9.78 Å². The van der Waals surface area contributed by atoms with Crippen LogP contribution >= 0.6 is 0 Å². The maximum Gasteiger partial charge on any atom is 0.410 e. The van der Waals surface area contributed by atoms with E-state index in [9.17, 15) is 9.59 Å². The van der Waals surface area contributed by atoms with E-state index in [2.05, 4.69) is 11.9 Å². The highest BCUT2D eigenvalue weighted by Gasteiger charge is 2.35. The molecule has 1 fully saturated rings. The van der Waals surface area contributed by atoms with Crippen LogP contribution in [0.2, 0.25) is 0 Å². The Hall–Kier alpha value is -2.63. The second-order valence-corrected chi connectivity index (χ2v) is 8.60. The van der Waals surface area contributed by atoms with Gasteiger partial charge in [0.15, 0.2) is 0 Å². The predicted octanol–water partition coefficient (Wildman–Crippen LogP) is 4.49. The number of fused-ring (bicyclic) bond motifs is 1. The van der Waals surface area contributed by atoms with E-state index in [1.165, 1.54) is 0 Å². The topological polar surface area (TPSA) is 62.7 Å². The van der Waals surface area contributed by atoms with Crippen molar-refractivity contribution in [1.29, 1.82) is 0 Å². The van der Waals surface area contributed by atoms with E-state index in [-0.39, 0.29) is 18.0 Å². The molecular weight excluding hydrogens is 366 g/mol. The minimum absolute atomic E-state index is 0.0281. The SMILES string of the molecule is CCCCC1CN(C(=O)c2cccc3cccnc23)CCN1C(=O)OC(C)(C)C. The first-order valence-electron chi connectivity index (χ1n) is 10.4. The molecule has 6 nitrogen and oxygen atoms in total. The standard InChI is InChI=1S/C23H31N3O3/c1-5-6-11-18-16-25(14-15-26(18)22(28)29-23(2,3)4)21(27)19-12-7-9-17-10-8-13-24-20(17)19/h7-10,12-13,18H,5-6,11,14-16H2,1-4H3. The van der Waals surface area contributed by atoms with Crippen LogP contribution in [0.25, 0.3) is 10.9 Å². The van der Waals surface area contributed by atoms with Crippen molar-refractivity contribution >= 4 is 22.9 Å². The highest BCUT2D eigenvalue weighted by molar-refractivity contribution is 6.05. The fraction of sp³-hybridized carbons (Fsp3) is 0.522. The molecule has 29 heavy (non-hydrogen) atoms. The van der Waals surface area contributed by atoms with Crippen molar-refractivity contribution in [1.82, 2.24) is 14.8 Å². The van der Waals surface area contributed by atoms with E-state index in [0.29, 0.717) is 25.2 Å². The first-order valence-corrected chi connectivity index (χ1v) is 10.4. The average molecular weight is 398 g/mol. The number of ether oxygens (including phenoxy) is 1. The van der Waals surface area contributed by atoms with Crippen LogP contribution in [-0.4, -0.2) is 58.1 Å². The fourth-order valence-electron chi connectivity index (χ4n) is 3.73. The zero-order valence-corrected chi connectivity index (χ0v) is 17.9. The number of amides is 2. The summed E-state index contributed by atoms with van der Waals surface area (Å²) in [5, 5.41) is 0.952. The molecule has 2 aromatic rings. The molecule has 0 saturated carbocycles. The average Bonchev–Trinajstić information content (AvgIpc) is 2.69. The Bertz CT molecular complexity index is 870. The summed E-state index contributed by atoms with van der Waals surface area (Å²) in [5.74, 6) is -0.0281. The summed E-state index contributed by atoms with van der Waals surface area (Å²) in [6.07, 6.45) is 4.32. The van der Waals surface area contributed by atoms with Gasteiger partial charge in [-0.25, -0.2) is 4.79 Å². The second-order valence-electron chi connectivity index (χ2n) is 8.60. The molecule has 1 saturated heterocycles. The molecule has 0 N–H and O–H groups in total. The van der Waals surface area contributed by atoms with Crippen LogP contribution in [-0.2, 0) is 4.74 Å². The van der Waals surface area contributed by atoms with Gasteiger partial charge in [-0.1, -0.05) is 38.0 Å². The van der Waals surface area contributed by atoms with Gasteiger partial charge in [0, 0.05) is 31.2 Å². The lowest BCUT2D eigenvalue weighted by Crippen LogP contribution is -2.57. The van der Waals surface area contributed by atoms with E-state index < -0.39 is 5.60 Å². The maximum atomic E-state index is 13.3. The Morgan fingerprint density at radius 3 is 2.66 bits per heavy atom.